The molecular weight excluding hydrogens is 512 g/mol. The molecular formula is C21H28F4N4O6S. The van der Waals surface area contributed by atoms with Gasteiger partial charge in [-0.05, 0) is 45.4 Å². The van der Waals surface area contributed by atoms with Crippen LogP contribution in [0.4, 0.5) is 28.2 Å². The van der Waals surface area contributed by atoms with E-state index in [4.69, 9.17) is 9.47 Å². The molecule has 0 radical (unpaired) electrons. The number of halogens is 4. The number of rotatable bonds is 9. The number of alkyl halides is 3. The van der Waals surface area contributed by atoms with E-state index in [1.54, 1.807) is 27.7 Å². The van der Waals surface area contributed by atoms with Gasteiger partial charge in [-0.15, -0.1) is 0 Å². The first-order chi connectivity index (χ1) is 16.6. The van der Waals surface area contributed by atoms with Crippen molar-refractivity contribution in [1.29, 1.82) is 0 Å². The summed E-state index contributed by atoms with van der Waals surface area (Å²) in [6.07, 6.45) is 0.620. The summed E-state index contributed by atoms with van der Waals surface area (Å²) in [4.78, 5) is 19.9. The number of carbonyl (C=O) groups excluding carboxylic acids is 1. The largest absolute Gasteiger partial charge is 0.534 e. The summed E-state index contributed by atoms with van der Waals surface area (Å²) in [6, 6.07) is 2.55. The van der Waals surface area contributed by atoms with E-state index in [-0.39, 0.29) is 30.9 Å². The van der Waals surface area contributed by atoms with E-state index >= 15 is 0 Å². The first-order valence-electron chi connectivity index (χ1n) is 10.5. The summed E-state index contributed by atoms with van der Waals surface area (Å²) in [6.45, 7) is 6.95. The number of methoxy groups -OCH3 is 1. The second-order valence-electron chi connectivity index (χ2n) is 8.37. The molecule has 0 saturated carbocycles. The zero-order valence-corrected chi connectivity index (χ0v) is 20.9. The van der Waals surface area contributed by atoms with Gasteiger partial charge in [0.25, 0.3) is 0 Å². The Morgan fingerprint density at radius 3 is 2.44 bits per heavy atom. The number of benzene rings is 1. The smallest absolute Gasteiger partial charge is 0.496 e. The Kier molecular flexibility index (Phi) is 8.93. The first kappa shape index (κ1) is 28.9. The van der Waals surface area contributed by atoms with Gasteiger partial charge in [-0.2, -0.15) is 21.6 Å². The lowest BCUT2D eigenvalue weighted by atomic mass is 10.1. The molecule has 1 atom stereocenters. The molecule has 0 aliphatic carbocycles. The zero-order chi connectivity index (χ0) is 27.3. The van der Waals surface area contributed by atoms with Crippen molar-refractivity contribution in [2.75, 3.05) is 19.0 Å². The number of hydrogen-bond acceptors (Lipinski definition) is 9. The summed E-state index contributed by atoms with van der Waals surface area (Å²) in [7, 11) is -4.67. The van der Waals surface area contributed by atoms with E-state index in [1.807, 2.05) is 0 Å². The normalized spacial score (nSPS) is 13.0. The summed E-state index contributed by atoms with van der Waals surface area (Å²) in [5, 5.41) is 5.38. The Bertz CT molecular complexity index is 1190. The minimum Gasteiger partial charge on any atom is -0.496 e. The summed E-state index contributed by atoms with van der Waals surface area (Å²) in [5.41, 5.74) is -6.41. The van der Waals surface area contributed by atoms with Crippen LogP contribution in [0.15, 0.2) is 24.4 Å². The first-order valence-corrected chi connectivity index (χ1v) is 11.9. The van der Waals surface area contributed by atoms with Gasteiger partial charge >= 0.3 is 21.7 Å². The van der Waals surface area contributed by atoms with Gasteiger partial charge in [0.15, 0.2) is 17.5 Å². The maximum atomic E-state index is 14.4. The molecule has 1 heterocycles. The van der Waals surface area contributed by atoms with Crippen LogP contribution in [0, 0.1) is 5.82 Å². The van der Waals surface area contributed by atoms with Crippen molar-refractivity contribution >= 4 is 22.0 Å². The molecule has 0 aliphatic rings. The van der Waals surface area contributed by atoms with Crippen LogP contribution in [0.2, 0.25) is 0 Å². The molecule has 1 aromatic heterocycles. The Morgan fingerprint density at radius 1 is 1.22 bits per heavy atom. The van der Waals surface area contributed by atoms with Gasteiger partial charge in [0, 0.05) is 14.0 Å². The van der Waals surface area contributed by atoms with Gasteiger partial charge in [-0.1, -0.05) is 6.92 Å². The number of alkyl carbamates (subject to hydrolysis) is 1. The molecule has 2 rings (SSSR count). The van der Waals surface area contributed by atoms with Crippen molar-refractivity contribution in [3.8, 4) is 22.9 Å². The standard InChI is InChI=1S/C21H26F4N4O6S.H2/c1-6-12(28-19(30)34-20(2,3)4)10-26-18-15(22)11-27-17(29-18)14-9-13(7-8-16(14)33-5)35-36(31,32)21(23,24)25;/h7-9,11-12H,6,10H2,1-5H3,(H,28,30)(H,26,27,29);1H/t12-;/m1./s1. The molecule has 15 heteroatoms. The molecule has 1 aromatic carbocycles. The van der Waals surface area contributed by atoms with Gasteiger partial charge in [-0.3, -0.25) is 0 Å². The molecule has 0 fully saturated rings. The number of nitrogens with one attached hydrogen (secondary N) is 2. The summed E-state index contributed by atoms with van der Waals surface area (Å²) >= 11 is 0. The van der Waals surface area contributed by atoms with Gasteiger partial charge in [-0.25, -0.2) is 19.2 Å². The molecule has 0 saturated heterocycles. The molecule has 1 amide bonds. The third kappa shape index (κ3) is 7.83. The second kappa shape index (κ2) is 11.1. The Balaban J connectivity index is 0.00000684. The lowest BCUT2D eigenvalue weighted by Gasteiger charge is -2.23. The molecule has 202 valence electrons. The van der Waals surface area contributed by atoms with E-state index < -0.39 is 44.9 Å². The van der Waals surface area contributed by atoms with Gasteiger partial charge in [0.2, 0.25) is 0 Å². The number of aromatic nitrogens is 2. The maximum Gasteiger partial charge on any atom is 0.534 e. The van der Waals surface area contributed by atoms with E-state index in [2.05, 4.69) is 24.8 Å². The number of ether oxygens (including phenoxy) is 2. The fraction of sp³-hybridized carbons (Fsp3) is 0.476. The molecule has 36 heavy (non-hydrogen) atoms. The van der Waals surface area contributed by atoms with Gasteiger partial charge in [0.05, 0.1) is 18.9 Å². The van der Waals surface area contributed by atoms with Crippen LogP contribution in [0.1, 0.15) is 35.5 Å². The van der Waals surface area contributed by atoms with Gasteiger partial charge < -0.3 is 24.3 Å². The lowest BCUT2D eigenvalue weighted by molar-refractivity contribution is -0.0500. The van der Waals surface area contributed by atoms with E-state index in [0.717, 1.165) is 24.4 Å². The van der Waals surface area contributed by atoms with Crippen molar-refractivity contribution < 1.29 is 45.9 Å². The van der Waals surface area contributed by atoms with Crippen LogP contribution in [0.3, 0.4) is 0 Å². The predicted octanol–water partition coefficient (Wildman–Crippen LogP) is 4.48. The van der Waals surface area contributed by atoms with Crippen LogP contribution >= 0.6 is 0 Å². The highest BCUT2D eigenvalue weighted by Crippen LogP contribution is 2.34. The molecule has 0 unspecified atom stereocenters. The summed E-state index contributed by atoms with van der Waals surface area (Å²) < 4.78 is 89.6. The van der Waals surface area contributed by atoms with Crippen molar-refractivity contribution in [3.05, 3.63) is 30.2 Å². The third-order valence-corrected chi connectivity index (χ3v) is 5.35. The fourth-order valence-electron chi connectivity index (χ4n) is 2.70. The SMILES string of the molecule is CC[C@H](CNc1nc(-c2cc(OS(=O)(=O)C(F)(F)F)ccc2OC)ncc1F)NC(=O)OC(C)(C)C.[HH]. The van der Waals surface area contributed by atoms with Crippen LogP contribution in [-0.4, -0.2) is 55.3 Å². The van der Waals surface area contributed by atoms with E-state index in [0.29, 0.717) is 6.42 Å². The number of amides is 1. The third-order valence-electron chi connectivity index (χ3n) is 4.37. The van der Waals surface area contributed by atoms with E-state index in [1.165, 1.54) is 7.11 Å². The maximum absolute atomic E-state index is 14.4. The predicted molar refractivity (Wildman–Crippen MR) is 124 cm³/mol. The highest BCUT2D eigenvalue weighted by molar-refractivity contribution is 7.88. The highest BCUT2D eigenvalue weighted by Gasteiger charge is 2.48. The van der Waals surface area contributed by atoms with Crippen molar-refractivity contribution in [1.82, 2.24) is 15.3 Å². The summed E-state index contributed by atoms with van der Waals surface area (Å²) in [5.74, 6) is -1.95. The highest BCUT2D eigenvalue weighted by atomic mass is 32.2. The monoisotopic (exact) mass is 540 g/mol. The Morgan fingerprint density at radius 2 is 1.89 bits per heavy atom. The van der Waals surface area contributed by atoms with Crippen LogP contribution in [-0.2, 0) is 14.9 Å². The minimum atomic E-state index is -5.93. The zero-order valence-electron chi connectivity index (χ0n) is 20.1. The van der Waals surface area contributed by atoms with Crippen molar-refractivity contribution in [2.24, 2.45) is 0 Å². The van der Waals surface area contributed by atoms with Crippen molar-refractivity contribution in [2.45, 2.75) is 51.3 Å². The molecule has 0 aliphatic heterocycles. The molecule has 0 bridgehead atoms. The molecule has 10 nitrogen and oxygen atoms in total. The lowest BCUT2D eigenvalue weighted by Crippen LogP contribution is -2.42. The fourth-order valence-corrected chi connectivity index (χ4v) is 3.15. The van der Waals surface area contributed by atoms with Crippen LogP contribution in [0.5, 0.6) is 11.5 Å². The Hall–Kier alpha value is -3.36. The number of nitrogens with zero attached hydrogens (tertiary/aromatic N) is 2. The minimum absolute atomic E-state index is 0. The molecule has 2 aromatic rings. The van der Waals surface area contributed by atoms with Crippen LogP contribution in [0.25, 0.3) is 11.4 Å². The number of carbonyl (C=O) groups is 1. The van der Waals surface area contributed by atoms with Gasteiger partial charge in [0.1, 0.15) is 17.1 Å². The average Bonchev–Trinajstić information content (AvgIpc) is 2.75. The average molecular weight is 541 g/mol. The topological polar surface area (TPSA) is 129 Å². The molecule has 2 N–H and O–H groups in total. The Labute approximate surface area is 207 Å². The molecule has 0 spiro atoms. The van der Waals surface area contributed by atoms with Crippen molar-refractivity contribution in [3.63, 3.8) is 0 Å². The van der Waals surface area contributed by atoms with Crippen LogP contribution < -0.4 is 19.6 Å². The number of anilines is 1. The second-order valence-corrected chi connectivity index (χ2v) is 9.91. The number of hydrogen-bond donors (Lipinski definition) is 2. The quantitative estimate of drug-likeness (QED) is 0.269. The van der Waals surface area contributed by atoms with E-state index in [9.17, 15) is 30.8 Å².